The molecule has 0 aliphatic carbocycles. The Kier molecular flexibility index (Phi) is 9.95. The van der Waals surface area contributed by atoms with Gasteiger partial charge in [0.05, 0.1) is 6.54 Å². The number of carbonyl (C=O) groups excluding carboxylic acids is 2. The van der Waals surface area contributed by atoms with Crippen molar-refractivity contribution in [3.8, 4) is 0 Å². The van der Waals surface area contributed by atoms with Crippen molar-refractivity contribution >= 4 is 17.5 Å². The van der Waals surface area contributed by atoms with E-state index in [-0.39, 0.29) is 23.9 Å². The number of halogens is 2. The smallest absolute Gasteiger partial charge is 0.252 e. The van der Waals surface area contributed by atoms with Crippen LogP contribution in [0.25, 0.3) is 0 Å². The number of aliphatic hydroxyl groups is 3. The molecule has 0 fully saturated rings. The molecule has 4 N–H and O–H groups in total. The summed E-state index contributed by atoms with van der Waals surface area (Å²) in [6.45, 7) is 5.53. The Morgan fingerprint density at radius 3 is 2.38 bits per heavy atom. The number of ether oxygens (including phenoxy) is 1. The number of fused-ring (bicyclic) bond motifs is 1. The first-order valence-electron chi connectivity index (χ1n) is 12.7. The summed E-state index contributed by atoms with van der Waals surface area (Å²) in [5.74, 6) is -2.94. The molecule has 3 rings (SSSR count). The zero-order valence-electron chi connectivity index (χ0n) is 22.5. The van der Waals surface area contributed by atoms with Crippen molar-refractivity contribution in [2.75, 3.05) is 12.0 Å². The van der Waals surface area contributed by atoms with Crippen LogP contribution in [0.4, 0.5) is 14.5 Å². The molecule has 1 aliphatic heterocycles. The van der Waals surface area contributed by atoms with Crippen molar-refractivity contribution in [3.63, 3.8) is 0 Å². The fourth-order valence-electron chi connectivity index (χ4n) is 4.44. The Hall–Kier alpha value is -3.18. The average Bonchev–Trinajstić information content (AvgIpc) is 2.98. The minimum Gasteiger partial charge on any atom is -0.387 e. The van der Waals surface area contributed by atoms with Crippen LogP contribution in [-0.4, -0.2) is 64.7 Å². The third-order valence-electron chi connectivity index (χ3n) is 6.44. The molecule has 5 atom stereocenters. The molecular formula is C29H36F2N2O6. The largest absolute Gasteiger partial charge is 0.387 e. The molecule has 39 heavy (non-hydrogen) atoms. The van der Waals surface area contributed by atoms with Crippen molar-refractivity contribution < 1.29 is 38.4 Å². The standard InChI is InChI=1S/C29H36F2N2O6/c1-29(2,3)12-11-23(34)24(35)25(36)26(39-4)27(37)32-21-10-9-18-7-5-6-8-22(18)33(28(21)38)16-17-13-19(30)15-20(31)14-17/h5-8,11-15,21,23-26,34-36H,9-10,16H2,1-4H3,(H,32,37)/t21?,23-,24+,25-,26-/m1/s1. The molecule has 1 aliphatic rings. The van der Waals surface area contributed by atoms with Crippen LogP contribution in [0.1, 0.15) is 38.3 Å². The van der Waals surface area contributed by atoms with Gasteiger partial charge in [0.1, 0.15) is 36.0 Å². The summed E-state index contributed by atoms with van der Waals surface area (Å²) < 4.78 is 32.9. The molecule has 0 saturated carbocycles. The number of benzene rings is 2. The van der Waals surface area contributed by atoms with Crippen LogP contribution in [-0.2, 0) is 27.3 Å². The van der Waals surface area contributed by atoms with E-state index in [4.69, 9.17) is 4.74 Å². The summed E-state index contributed by atoms with van der Waals surface area (Å²) in [6, 6.07) is 9.05. The molecule has 1 unspecified atom stereocenters. The maximum Gasteiger partial charge on any atom is 0.252 e. The zero-order chi connectivity index (χ0) is 28.9. The van der Waals surface area contributed by atoms with E-state index < -0.39 is 53.9 Å². The molecule has 0 aromatic heterocycles. The lowest BCUT2D eigenvalue weighted by Crippen LogP contribution is -2.56. The number of rotatable bonds is 9. The molecule has 2 aromatic rings. The molecule has 2 aromatic carbocycles. The Morgan fingerprint density at radius 1 is 1.13 bits per heavy atom. The second-order valence-corrected chi connectivity index (χ2v) is 10.8. The van der Waals surface area contributed by atoms with Crippen LogP contribution in [0.3, 0.4) is 0 Å². The number of hydrogen-bond donors (Lipinski definition) is 4. The van der Waals surface area contributed by atoms with Gasteiger partial charge < -0.3 is 30.3 Å². The van der Waals surface area contributed by atoms with Gasteiger partial charge in [-0.2, -0.15) is 0 Å². The third kappa shape index (κ3) is 7.92. The highest BCUT2D eigenvalue weighted by molar-refractivity contribution is 6.00. The molecule has 212 valence electrons. The second-order valence-electron chi connectivity index (χ2n) is 10.8. The van der Waals surface area contributed by atoms with Crippen molar-refractivity contribution in [3.05, 3.63) is 77.4 Å². The SMILES string of the molecule is CO[C@@H](C(=O)NC1CCc2ccccc2N(Cc2cc(F)cc(F)c2)C1=O)[C@H](O)[C@@H](O)[C@H](O)C=CC(C)(C)C. The van der Waals surface area contributed by atoms with Crippen molar-refractivity contribution in [1.29, 1.82) is 0 Å². The maximum atomic E-state index is 13.9. The van der Waals surface area contributed by atoms with Crippen LogP contribution < -0.4 is 10.2 Å². The number of nitrogens with one attached hydrogen (secondary N) is 1. The van der Waals surface area contributed by atoms with E-state index in [9.17, 15) is 33.7 Å². The predicted octanol–water partition coefficient (Wildman–Crippen LogP) is 2.63. The van der Waals surface area contributed by atoms with Crippen molar-refractivity contribution in [2.45, 2.75) is 70.6 Å². The van der Waals surface area contributed by atoms with Gasteiger partial charge in [0.15, 0.2) is 6.10 Å². The van der Waals surface area contributed by atoms with Crippen LogP contribution >= 0.6 is 0 Å². The van der Waals surface area contributed by atoms with E-state index in [1.54, 1.807) is 24.3 Å². The Balaban J connectivity index is 1.81. The van der Waals surface area contributed by atoms with Crippen molar-refractivity contribution in [1.82, 2.24) is 5.32 Å². The van der Waals surface area contributed by atoms with E-state index in [0.29, 0.717) is 12.1 Å². The third-order valence-corrected chi connectivity index (χ3v) is 6.44. The summed E-state index contributed by atoms with van der Waals surface area (Å²) in [7, 11) is 1.16. The summed E-state index contributed by atoms with van der Waals surface area (Å²) in [5.41, 5.74) is 1.31. The summed E-state index contributed by atoms with van der Waals surface area (Å²) in [4.78, 5) is 28.1. The Labute approximate surface area is 226 Å². The fraction of sp³-hybridized carbons (Fsp3) is 0.448. The molecule has 0 saturated heterocycles. The number of hydrogen-bond acceptors (Lipinski definition) is 6. The first kappa shape index (κ1) is 30.4. The van der Waals surface area contributed by atoms with Gasteiger partial charge in [-0.3, -0.25) is 9.59 Å². The molecule has 2 amide bonds. The lowest BCUT2D eigenvalue weighted by Gasteiger charge is -2.30. The fourth-order valence-corrected chi connectivity index (χ4v) is 4.44. The van der Waals surface area contributed by atoms with Gasteiger partial charge in [0, 0.05) is 18.9 Å². The first-order chi connectivity index (χ1) is 18.3. The van der Waals surface area contributed by atoms with E-state index in [1.807, 2.05) is 26.8 Å². The van der Waals surface area contributed by atoms with Crippen LogP contribution in [0.15, 0.2) is 54.6 Å². The molecule has 0 radical (unpaired) electrons. The van der Waals surface area contributed by atoms with E-state index in [1.165, 1.54) is 11.0 Å². The minimum atomic E-state index is -1.81. The van der Waals surface area contributed by atoms with Crippen LogP contribution in [0.2, 0.25) is 0 Å². The van der Waals surface area contributed by atoms with Crippen molar-refractivity contribution in [2.24, 2.45) is 5.41 Å². The number of aryl methyl sites for hydroxylation is 1. The predicted molar refractivity (Wildman–Crippen MR) is 142 cm³/mol. The number of amides is 2. The number of nitrogens with zero attached hydrogens (tertiary/aromatic N) is 1. The molecule has 0 spiro atoms. The minimum absolute atomic E-state index is 0.141. The molecule has 10 heteroatoms. The van der Waals surface area contributed by atoms with E-state index in [2.05, 4.69) is 5.32 Å². The van der Waals surface area contributed by atoms with E-state index in [0.717, 1.165) is 30.9 Å². The monoisotopic (exact) mass is 546 g/mol. The Morgan fingerprint density at radius 2 is 1.77 bits per heavy atom. The lowest BCUT2D eigenvalue weighted by molar-refractivity contribution is -0.150. The van der Waals surface area contributed by atoms with Gasteiger partial charge in [-0.25, -0.2) is 8.78 Å². The van der Waals surface area contributed by atoms with E-state index >= 15 is 0 Å². The summed E-state index contributed by atoms with van der Waals surface area (Å²) in [5, 5.41) is 34.0. The van der Waals surface area contributed by atoms with Gasteiger partial charge in [-0.05, 0) is 47.6 Å². The molecule has 8 nitrogen and oxygen atoms in total. The molecule has 0 bridgehead atoms. The number of aliphatic hydroxyl groups excluding tert-OH is 3. The highest BCUT2D eigenvalue weighted by Crippen LogP contribution is 2.29. The average molecular weight is 547 g/mol. The van der Waals surface area contributed by atoms with Gasteiger partial charge in [-0.1, -0.05) is 51.1 Å². The summed E-state index contributed by atoms with van der Waals surface area (Å²) >= 11 is 0. The number of methoxy groups -OCH3 is 1. The van der Waals surface area contributed by atoms with Gasteiger partial charge in [0.25, 0.3) is 5.91 Å². The number of allylic oxidation sites excluding steroid dienone is 1. The second kappa shape index (κ2) is 12.8. The normalized spacial score (nSPS) is 19.3. The quantitative estimate of drug-likeness (QED) is 0.359. The molecular weight excluding hydrogens is 510 g/mol. The van der Waals surface area contributed by atoms with Crippen LogP contribution in [0.5, 0.6) is 0 Å². The topological polar surface area (TPSA) is 119 Å². The number of carbonyl (C=O) groups is 2. The Bertz CT molecular complexity index is 1180. The summed E-state index contributed by atoms with van der Waals surface area (Å²) in [6.07, 6.45) is -3.00. The van der Waals surface area contributed by atoms with Gasteiger partial charge in [0.2, 0.25) is 5.91 Å². The van der Waals surface area contributed by atoms with Crippen LogP contribution in [0, 0.1) is 17.0 Å². The number of anilines is 1. The lowest BCUT2D eigenvalue weighted by atomic mass is 9.94. The first-order valence-corrected chi connectivity index (χ1v) is 12.7. The van der Waals surface area contributed by atoms with Gasteiger partial charge in [-0.15, -0.1) is 0 Å². The zero-order valence-corrected chi connectivity index (χ0v) is 22.5. The number of para-hydroxylation sites is 1. The van der Waals surface area contributed by atoms with Gasteiger partial charge >= 0.3 is 0 Å². The molecule has 1 heterocycles. The highest BCUT2D eigenvalue weighted by Gasteiger charge is 2.38. The highest BCUT2D eigenvalue weighted by atomic mass is 19.1. The maximum absolute atomic E-state index is 13.9.